The molecule has 0 aliphatic heterocycles. The molecule has 0 saturated carbocycles. The van der Waals surface area contributed by atoms with Crippen molar-refractivity contribution in [2.45, 2.75) is 20.3 Å². The molecule has 0 N–H and O–H groups in total. The lowest BCUT2D eigenvalue weighted by atomic mass is 10.0. The first-order valence-electron chi connectivity index (χ1n) is 3.57. The van der Waals surface area contributed by atoms with Gasteiger partial charge in [-0.2, -0.15) is 0 Å². The van der Waals surface area contributed by atoms with Gasteiger partial charge in [0.15, 0.2) is 0 Å². The summed E-state index contributed by atoms with van der Waals surface area (Å²) in [7, 11) is 0. The van der Waals surface area contributed by atoms with Crippen molar-refractivity contribution in [3.8, 4) is 0 Å². The zero-order chi connectivity index (χ0) is 9.30. The molecule has 0 heterocycles. The third kappa shape index (κ3) is 1.58. The molecule has 12 heavy (non-hydrogen) atoms. The monoisotopic (exact) mass is 190 g/mol. The fraction of sp³-hybridized carbons (Fsp3) is 0.333. The first-order valence-corrected chi connectivity index (χ1v) is 3.95. The van der Waals surface area contributed by atoms with E-state index in [0.29, 0.717) is 5.56 Å². The van der Waals surface area contributed by atoms with Crippen LogP contribution in [0.15, 0.2) is 12.1 Å². The van der Waals surface area contributed by atoms with Gasteiger partial charge in [-0.15, -0.1) is 0 Å². The Hall–Kier alpha value is -0.630. The van der Waals surface area contributed by atoms with Crippen LogP contribution in [0.1, 0.15) is 23.1 Å². The number of aryl methyl sites for hydroxylation is 1. The minimum Gasteiger partial charge on any atom is -0.205 e. The smallest absolute Gasteiger partial charge is 0.205 e. The van der Waals surface area contributed by atoms with E-state index in [-0.39, 0.29) is 10.6 Å². The predicted molar refractivity (Wildman–Crippen MR) is 45.9 cm³/mol. The third-order valence-electron chi connectivity index (χ3n) is 1.95. The van der Waals surface area contributed by atoms with Gasteiger partial charge in [-0.05, 0) is 31.0 Å². The molecule has 0 aliphatic rings. The Morgan fingerprint density at radius 3 is 2.25 bits per heavy atom. The summed E-state index contributed by atoms with van der Waals surface area (Å²) < 4.78 is 24.8. The Morgan fingerprint density at radius 1 is 1.25 bits per heavy atom. The molecule has 0 atom stereocenters. The van der Waals surface area contributed by atoms with Crippen molar-refractivity contribution in [2.75, 3.05) is 0 Å². The highest BCUT2D eigenvalue weighted by molar-refractivity contribution is 6.31. The standard InChI is InChI=1S/C9H9ClF2/c1-5-3-4-7(10)8(6(5)2)9(11)12/h3-4,9H,1-2H3. The molecule has 0 aliphatic carbocycles. The maximum Gasteiger partial charge on any atom is 0.265 e. The molecular weight excluding hydrogens is 182 g/mol. The molecular formula is C9H9ClF2. The molecule has 0 fully saturated rings. The van der Waals surface area contributed by atoms with Crippen molar-refractivity contribution >= 4 is 11.6 Å². The van der Waals surface area contributed by atoms with Gasteiger partial charge in [0.2, 0.25) is 0 Å². The van der Waals surface area contributed by atoms with E-state index in [4.69, 9.17) is 11.6 Å². The van der Waals surface area contributed by atoms with Gasteiger partial charge in [0.1, 0.15) is 0 Å². The van der Waals surface area contributed by atoms with Gasteiger partial charge in [0.05, 0.1) is 0 Å². The molecule has 0 bridgehead atoms. The highest BCUT2D eigenvalue weighted by Gasteiger charge is 2.15. The summed E-state index contributed by atoms with van der Waals surface area (Å²) in [5.41, 5.74) is 1.38. The second kappa shape index (κ2) is 3.40. The van der Waals surface area contributed by atoms with Gasteiger partial charge in [0.25, 0.3) is 6.43 Å². The van der Waals surface area contributed by atoms with E-state index in [9.17, 15) is 8.78 Å². The summed E-state index contributed by atoms with van der Waals surface area (Å²) in [6, 6.07) is 3.24. The van der Waals surface area contributed by atoms with Crippen molar-refractivity contribution in [1.29, 1.82) is 0 Å². The van der Waals surface area contributed by atoms with E-state index in [2.05, 4.69) is 0 Å². The maximum atomic E-state index is 12.4. The number of benzene rings is 1. The summed E-state index contributed by atoms with van der Waals surface area (Å²) in [4.78, 5) is 0. The third-order valence-corrected chi connectivity index (χ3v) is 2.28. The summed E-state index contributed by atoms with van der Waals surface area (Å²) >= 11 is 5.62. The summed E-state index contributed by atoms with van der Waals surface area (Å²) in [5, 5.41) is 0.146. The van der Waals surface area contributed by atoms with Gasteiger partial charge in [-0.25, -0.2) is 8.78 Å². The lowest BCUT2D eigenvalue weighted by Crippen LogP contribution is -1.93. The van der Waals surface area contributed by atoms with E-state index < -0.39 is 6.43 Å². The maximum absolute atomic E-state index is 12.4. The number of halogens is 3. The predicted octanol–water partition coefficient (Wildman–Crippen LogP) is 3.89. The first kappa shape index (κ1) is 9.46. The fourth-order valence-corrected chi connectivity index (χ4v) is 1.36. The Kier molecular flexibility index (Phi) is 2.68. The zero-order valence-electron chi connectivity index (χ0n) is 6.87. The van der Waals surface area contributed by atoms with Gasteiger partial charge in [-0.1, -0.05) is 17.7 Å². The Balaban J connectivity index is 3.33. The van der Waals surface area contributed by atoms with Crippen molar-refractivity contribution in [1.82, 2.24) is 0 Å². The topological polar surface area (TPSA) is 0 Å². The van der Waals surface area contributed by atoms with Gasteiger partial charge in [0, 0.05) is 10.6 Å². The van der Waals surface area contributed by atoms with Crippen LogP contribution in [-0.4, -0.2) is 0 Å². The van der Waals surface area contributed by atoms with Crippen molar-refractivity contribution < 1.29 is 8.78 Å². The molecule has 0 radical (unpaired) electrons. The molecule has 0 nitrogen and oxygen atoms in total. The second-order valence-electron chi connectivity index (χ2n) is 2.70. The molecule has 3 heteroatoms. The molecule has 1 aromatic carbocycles. The van der Waals surface area contributed by atoms with Crippen LogP contribution in [0.3, 0.4) is 0 Å². The molecule has 0 amide bonds. The van der Waals surface area contributed by atoms with Crippen molar-refractivity contribution in [3.63, 3.8) is 0 Å². The number of hydrogen-bond donors (Lipinski definition) is 0. The van der Waals surface area contributed by atoms with Crippen LogP contribution >= 0.6 is 11.6 Å². The molecule has 66 valence electrons. The number of alkyl halides is 2. The largest absolute Gasteiger partial charge is 0.265 e. The average Bonchev–Trinajstić information content (AvgIpc) is 1.97. The lowest BCUT2D eigenvalue weighted by molar-refractivity contribution is 0.150. The number of hydrogen-bond acceptors (Lipinski definition) is 0. The Morgan fingerprint density at radius 2 is 1.83 bits per heavy atom. The summed E-state index contributed by atoms with van der Waals surface area (Å²) in [6.45, 7) is 3.44. The molecule has 0 unspecified atom stereocenters. The molecule has 1 aromatic rings. The molecule has 0 saturated heterocycles. The van der Waals surface area contributed by atoms with Crippen LogP contribution in [-0.2, 0) is 0 Å². The van der Waals surface area contributed by atoms with Crippen LogP contribution in [0.25, 0.3) is 0 Å². The SMILES string of the molecule is Cc1ccc(Cl)c(C(F)F)c1C. The first-order chi connectivity index (χ1) is 5.54. The average molecular weight is 191 g/mol. The lowest BCUT2D eigenvalue weighted by Gasteiger charge is -2.09. The summed E-state index contributed by atoms with van der Waals surface area (Å²) in [5.74, 6) is 0. The van der Waals surface area contributed by atoms with E-state index in [0.717, 1.165) is 5.56 Å². The molecule has 1 rings (SSSR count). The molecule has 0 aromatic heterocycles. The number of rotatable bonds is 1. The fourth-order valence-electron chi connectivity index (χ4n) is 1.07. The second-order valence-corrected chi connectivity index (χ2v) is 3.11. The van der Waals surface area contributed by atoms with Gasteiger partial charge < -0.3 is 0 Å². The minimum absolute atomic E-state index is 0.0448. The van der Waals surface area contributed by atoms with E-state index in [1.165, 1.54) is 6.07 Å². The zero-order valence-corrected chi connectivity index (χ0v) is 7.62. The van der Waals surface area contributed by atoms with E-state index in [1.807, 2.05) is 0 Å². The van der Waals surface area contributed by atoms with Gasteiger partial charge in [-0.3, -0.25) is 0 Å². The highest BCUT2D eigenvalue weighted by atomic mass is 35.5. The van der Waals surface area contributed by atoms with E-state index in [1.54, 1.807) is 19.9 Å². The van der Waals surface area contributed by atoms with Crippen LogP contribution in [0.2, 0.25) is 5.02 Å². The van der Waals surface area contributed by atoms with Crippen LogP contribution in [0.5, 0.6) is 0 Å². The van der Waals surface area contributed by atoms with Crippen LogP contribution < -0.4 is 0 Å². The minimum atomic E-state index is -2.49. The quantitative estimate of drug-likeness (QED) is 0.630. The highest BCUT2D eigenvalue weighted by Crippen LogP contribution is 2.31. The molecule has 0 spiro atoms. The van der Waals surface area contributed by atoms with Crippen molar-refractivity contribution in [3.05, 3.63) is 33.8 Å². The van der Waals surface area contributed by atoms with Crippen LogP contribution in [0, 0.1) is 13.8 Å². The van der Waals surface area contributed by atoms with Gasteiger partial charge >= 0.3 is 0 Å². The normalized spacial score (nSPS) is 10.8. The summed E-state index contributed by atoms with van der Waals surface area (Å²) in [6.07, 6.45) is -2.49. The van der Waals surface area contributed by atoms with E-state index >= 15 is 0 Å². The van der Waals surface area contributed by atoms with Crippen molar-refractivity contribution in [2.24, 2.45) is 0 Å². The Labute approximate surface area is 75.2 Å². The van der Waals surface area contributed by atoms with Crippen LogP contribution in [0.4, 0.5) is 8.78 Å². The Bertz CT molecular complexity index is 295.